The van der Waals surface area contributed by atoms with Crippen LogP contribution < -0.4 is 15.4 Å². The van der Waals surface area contributed by atoms with E-state index in [1.54, 1.807) is 38.8 Å². The van der Waals surface area contributed by atoms with Crippen molar-refractivity contribution >= 4 is 29.8 Å². The van der Waals surface area contributed by atoms with E-state index in [-0.39, 0.29) is 37.3 Å². The van der Waals surface area contributed by atoms with Gasteiger partial charge in [0.25, 0.3) is 5.91 Å². The van der Waals surface area contributed by atoms with E-state index in [2.05, 4.69) is 10.6 Å². The molecule has 51 heavy (non-hydrogen) atoms. The van der Waals surface area contributed by atoms with Crippen LogP contribution in [0.3, 0.4) is 0 Å². The maximum atomic E-state index is 14.4. The van der Waals surface area contributed by atoms with Crippen molar-refractivity contribution in [1.29, 1.82) is 0 Å². The topological polar surface area (TPSA) is 155 Å². The highest BCUT2D eigenvalue weighted by Crippen LogP contribution is 2.46. The lowest BCUT2D eigenvalue weighted by atomic mass is 9.93. The molecule has 6 rings (SSSR count). The van der Waals surface area contributed by atoms with Gasteiger partial charge in [0.1, 0.15) is 29.0 Å². The van der Waals surface area contributed by atoms with E-state index in [4.69, 9.17) is 9.47 Å². The van der Waals surface area contributed by atoms with Crippen molar-refractivity contribution in [1.82, 2.24) is 20.4 Å². The van der Waals surface area contributed by atoms with Gasteiger partial charge in [-0.1, -0.05) is 49.3 Å². The number of alkyl carbamates (subject to hydrolysis) is 1. The van der Waals surface area contributed by atoms with E-state index < -0.39 is 53.0 Å². The molecule has 3 N–H and O–H groups in total. The Morgan fingerprint density at radius 1 is 0.980 bits per heavy atom. The van der Waals surface area contributed by atoms with Crippen LogP contribution in [-0.2, 0) is 19.1 Å². The molecule has 1 aliphatic carbocycles. The molecule has 272 valence electrons. The summed E-state index contributed by atoms with van der Waals surface area (Å²) >= 11 is 0. The van der Waals surface area contributed by atoms with Gasteiger partial charge in [-0.25, -0.2) is 9.59 Å². The van der Waals surface area contributed by atoms with Gasteiger partial charge in [-0.05, 0) is 81.8 Å². The molecule has 12 nitrogen and oxygen atoms in total. The number of nitrogens with one attached hydrogen (secondary N) is 2. The molecule has 2 aromatic carbocycles. The summed E-state index contributed by atoms with van der Waals surface area (Å²) in [5.41, 5.74) is 0.0192. The number of fused-ring (bicyclic) bond motifs is 4. The Balaban J connectivity index is 1.27. The molecular weight excluding hydrogens is 652 g/mol. The first kappa shape index (κ1) is 35.9. The van der Waals surface area contributed by atoms with Crippen LogP contribution in [0, 0.1) is 17.8 Å². The lowest BCUT2D eigenvalue weighted by molar-refractivity contribution is -0.146. The van der Waals surface area contributed by atoms with E-state index >= 15 is 0 Å². The third-order valence-electron chi connectivity index (χ3n) is 10.5. The van der Waals surface area contributed by atoms with Crippen molar-refractivity contribution in [3.63, 3.8) is 0 Å². The second kappa shape index (κ2) is 14.4. The van der Waals surface area contributed by atoms with Crippen LogP contribution in [0.1, 0.15) is 69.7 Å². The summed E-state index contributed by atoms with van der Waals surface area (Å²) in [7, 11) is 1.60. The maximum absolute atomic E-state index is 14.4. The first-order valence-corrected chi connectivity index (χ1v) is 17.9. The van der Waals surface area contributed by atoms with Gasteiger partial charge < -0.3 is 35.0 Å². The maximum Gasteiger partial charge on any atom is 0.408 e. The molecule has 6 atom stereocenters. The molecule has 12 heteroatoms. The van der Waals surface area contributed by atoms with Gasteiger partial charge in [-0.3, -0.25) is 14.4 Å². The SMILES string of the molecule is COc1cccc(-c2cccc(C(=O)N3C[C@H]4CN5C(=O)[C@H](NC(=O)OC(C)(C)C)CCCCC/C=C\[C@H]6C[C@@]6(C(=O)O)NC(=O)[C@@H]5[C@H]4C3)c2)c1. The monoisotopic (exact) mass is 700 g/mol. The third-order valence-corrected chi connectivity index (χ3v) is 10.5. The van der Waals surface area contributed by atoms with Gasteiger partial charge in [-0.2, -0.15) is 0 Å². The van der Waals surface area contributed by atoms with Gasteiger partial charge in [0.15, 0.2) is 0 Å². The number of aliphatic carboxylic acids is 1. The minimum atomic E-state index is -1.45. The second-order valence-electron chi connectivity index (χ2n) is 15.2. The Kier molecular flexibility index (Phi) is 10.1. The number of likely N-dealkylation sites (tertiary alicyclic amines) is 1. The second-order valence-corrected chi connectivity index (χ2v) is 15.2. The summed E-state index contributed by atoms with van der Waals surface area (Å²) in [6, 6.07) is 13.0. The number of carbonyl (C=O) groups excluding carboxylic acids is 4. The molecular formula is C39H48N4O8. The first-order chi connectivity index (χ1) is 24.3. The van der Waals surface area contributed by atoms with Crippen molar-refractivity contribution in [3.8, 4) is 16.9 Å². The number of carboxylic acid groups (broad SMARTS) is 1. The number of allylic oxidation sites excluding steroid dienone is 1. The molecule has 2 saturated heterocycles. The lowest BCUT2D eigenvalue weighted by Gasteiger charge is -2.33. The minimum absolute atomic E-state index is 0.186. The van der Waals surface area contributed by atoms with Crippen molar-refractivity contribution in [2.24, 2.45) is 17.8 Å². The van der Waals surface area contributed by atoms with E-state index in [1.165, 1.54) is 4.90 Å². The van der Waals surface area contributed by atoms with E-state index in [0.717, 1.165) is 30.4 Å². The number of benzene rings is 2. The van der Waals surface area contributed by atoms with E-state index in [9.17, 15) is 29.1 Å². The zero-order valence-electron chi connectivity index (χ0n) is 29.7. The Hall–Kier alpha value is -4.87. The summed E-state index contributed by atoms with van der Waals surface area (Å²) < 4.78 is 10.9. The summed E-state index contributed by atoms with van der Waals surface area (Å²) in [5.74, 6) is -2.60. The molecule has 3 aliphatic heterocycles. The zero-order chi connectivity index (χ0) is 36.5. The molecule has 3 fully saturated rings. The van der Waals surface area contributed by atoms with Crippen LogP contribution in [0.2, 0.25) is 0 Å². The van der Waals surface area contributed by atoms with Crippen LogP contribution in [-0.4, -0.2) is 94.7 Å². The average Bonchev–Trinajstić information content (AvgIpc) is 3.44. The molecule has 4 aliphatic rings. The standard InChI is InChI=1S/C39H48N4O8/c1-38(2,3)51-37(49)40-31-17-9-7-5-6-8-15-28-20-39(28,36(47)48)41-33(44)32-30-23-42(21-27(30)22-43(32)35(31)46)34(45)26-14-10-12-24(18-26)25-13-11-16-29(19-25)50-4/h8,10-16,18-19,27-28,30-32H,5-7,9,17,20-23H2,1-4H3,(H,40,49)(H,41,44)(H,47,48)/b15-8-/t27-,28-,30-,31+,32-,39+/m0/s1. The van der Waals surface area contributed by atoms with Crippen LogP contribution >= 0.6 is 0 Å². The molecule has 0 radical (unpaired) electrons. The predicted molar refractivity (Wildman–Crippen MR) is 189 cm³/mol. The smallest absolute Gasteiger partial charge is 0.408 e. The fraction of sp³-hybridized carbons (Fsp3) is 0.513. The predicted octanol–water partition coefficient (Wildman–Crippen LogP) is 4.63. The highest BCUT2D eigenvalue weighted by atomic mass is 16.6. The number of hydrogen-bond donors (Lipinski definition) is 3. The first-order valence-electron chi connectivity index (χ1n) is 17.9. The number of methoxy groups -OCH3 is 1. The van der Waals surface area contributed by atoms with Crippen molar-refractivity contribution in [3.05, 3.63) is 66.2 Å². The number of amides is 4. The highest BCUT2D eigenvalue weighted by Gasteiger charge is 2.62. The van der Waals surface area contributed by atoms with Gasteiger partial charge in [0, 0.05) is 43.0 Å². The summed E-state index contributed by atoms with van der Waals surface area (Å²) in [6.45, 7) is 5.94. The number of carboxylic acids is 1. The van der Waals surface area contributed by atoms with Crippen LogP contribution in [0.15, 0.2) is 60.7 Å². The number of hydrogen-bond acceptors (Lipinski definition) is 7. The number of nitrogens with zero attached hydrogens (tertiary/aromatic N) is 2. The van der Waals surface area contributed by atoms with Gasteiger partial charge in [0.2, 0.25) is 11.8 Å². The molecule has 0 unspecified atom stereocenters. The summed E-state index contributed by atoms with van der Waals surface area (Å²) in [4.78, 5) is 71.3. The Morgan fingerprint density at radius 2 is 1.73 bits per heavy atom. The highest BCUT2D eigenvalue weighted by molar-refractivity contribution is 5.98. The largest absolute Gasteiger partial charge is 0.497 e. The molecule has 4 amide bonds. The Labute approximate surface area is 298 Å². The fourth-order valence-electron chi connectivity index (χ4n) is 7.80. The third kappa shape index (κ3) is 7.74. The summed E-state index contributed by atoms with van der Waals surface area (Å²) in [5, 5.41) is 15.8. The number of rotatable bonds is 5. The summed E-state index contributed by atoms with van der Waals surface area (Å²) in [6.07, 6.45) is 6.78. The van der Waals surface area contributed by atoms with Crippen molar-refractivity contribution in [2.45, 2.75) is 82.5 Å². The van der Waals surface area contributed by atoms with Gasteiger partial charge >= 0.3 is 12.1 Å². The number of ether oxygens (including phenoxy) is 2. The molecule has 3 heterocycles. The van der Waals surface area contributed by atoms with E-state index in [1.807, 2.05) is 54.6 Å². The Bertz CT molecular complexity index is 1720. The van der Waals surface area contributed by atoms with Gasteiger partial charge in [-0.15, -0.1) is 0 Å². The van der Waals surface area contributed by atoms with Crippen molar-refractivity contribution < 1.29 is 38.6 Å². The zero-order valence-corrected chi connectivity index (χ0v) is 29.7. The minimum Gasteiger partial charge on any atom is -0.497 e. The Morgan fingerprint density at radius 3 is 2.45 bits per heavy atom. The van der Waals surface area contributed by atoms with Crippen LogP contribution in [0.4, 0.5) is 4.79 Å². The number of carbonyl (C=O) groups is 5. The van der Waals surface area contributed by atoms with Crippen molar-refractivity contribution in [2.75, 3.05) is 26.7 Å². The van der Waals surface area contributed by atoms with Crippen LogP contribution in [0.25, 0.3) is 11.1 Å². The lowest BCUT2D eigenvalue weighted by Crippen LogP contribution is -2.58. The quantitative estimate of drug-likeness (QED) is 0.382. The molecule has 0 aromatic heterocycles. The molecule has 0 bridgehead atoms. The average molecular weight is 701 g/mol. The van der Waals surface area contributed by atoms with E-state index in [0.29, 0.717) is 30.7 Å². The normalized spacial score (nSPS) is 28.6. The fourth-order valence-corrected chi connectivity index (χ4v) is 7.80. The molecule has 1 saturated carbocycles. The molecule has 2 aromatic rings. The van der Waals surface area contributed by atoms with Crippen LogP contribution in [0.5, 0.6) is 5.75 Å². The molecule has 0 spiro atoms. The van der Waals surface area contributed by atoms with Gasteiger partial charge in [0.05, 0.1) is 7.11 Å².